The van der Waals surface area contributed by atoms with E-state index in [-0.39, 0.29) is 17.2 Å². The van der Waals surface area contributed by atoms with E-state index in [9.17, 15) is 22.8 Å². The summed E-state index contributed by atoms with van der Waals surface area (Å²) in [5.74, 6) is -0.777. The highest BCUT2D eigenvalue weighted by molar-refractivity contribution is 7.19. The molecule has 2 N–H and O–H groups in total. The molecule has 9 nitrogen and oxygen atoms in total. The van der Waals surface area contributed by atoms with E-state index in [1.54, 1.807) is 36.7 Å². The number of amides is 2. The van der Waals surface area contributed by atoms with Gasteiger partial charge in [0, 0.05) is 30.9 Å². The molecule has 41 heavy (non-hydrogen) atoms. The standard InChI is InChI=1S/C28H28F3N7O2S/c1-17-6-7-20(12-24(17)38-16-23(35-36-38)25-14-32-27(41-25)33-18(2)39)26(40)34-22-11-19(10-21(13-22)28(29,30)31)15-37-8-4-3-5-9-37/h6-7,10-14,16H,3-5,8-9,15H2,1-2H3,(H,34,40)(H,32,33,39). The molecule has 1 aliphatic heterocycles. The van der Waals surface area contributed by atoms with Crippen LogP contribution >= 0.6 is 11.3 Å². The maximum absolute atomic E-state index is 13.7. The third-order valence-corrected chi connectivity index (χ3v) is 7.62. The van der Waals surface area contributed by atoms with Gasteiger partial charge in [-0.1, -0.05) is 29.0 Å². The number of halogens is 3. The second kappa shape index (κ2) is 11.8. The Labute approximate surface area is 238 Å². The molecule has 0 spiro atoms. The van der Waals surface area contributed by atoms with E-state index in [0.29, 0.717) is 33.5 Å². The van der Waals surface area contributed by atoms with E-state index in [2.05, 4.69) is 30.8 Å². The summed E-state index contributed by atoms with van der Waals surface area (Å²) in [7, 11) is 0. The van der Waals surface area contributed by atoms with Crippen molar-refractivity contribution in [1.29, 1.82) is 0 Å². The summed E-state index contributed by atoms with van der Waals surface area (Å²) < 4.78 is 42.6. The molecule has 1 fully saturated rings. The Kier molecular flexibility index (Phi) is 8.18. The molecule has 5 rings (SSSR count). The number of likely N-dealkylation sites (tertiary alicyclic amines) is 1. The first kappa shape index (κ1) is 28.4. The van der Waals surface area contributed by atoms with Crippen LogP contribution in [0.1, 0.15) is 53.2 Å². The van der Waals surface area contributed by atoms with Crippen molar-refractivity contribution in [1.82, 2.24) is 24.9 Å². The fourth-order valence-corrected chi connectivity index (χ4v) is 5.50. The van der Waals surface area contributed by atoms with Crippen molar-refractivity contribution in [2.24, 2.45) is 0 Å². The van der Waals surface area contributed by atoms with E-state index >= 15 is 0 Å². The lowest BCUT2D eigenvalue weighted by atomic mass is 10.1. The number of anilines is 2. The van der Waals surface area contributed by atoms with E-state index < -0.39 is 17.6 Å². The van der Waals surface area contributed by atoms with Gasteiger partial charge in [0.1, 0.15) is 5.69 Å². The zero-order valence-electron chi connectivity index (χ0n) is 22.5. The Morgan fingerprint density at radius 2 is 1.83 bits per heavy atom. The molecule has 2 amide bonds. The highest BCUT2D eigenvalue weighted by Crippen LogP contribution is 2.33. The number of nitrogens with zero attached hydrogens (tertiary/aromatic N) is 5. The molecular formula is C28H28F3N7O2S. The monoisotopic (exact) mass is 583 g/mol. The fraction of sp³-hybridized carbons (Fsp3) is 0.321. The predicted molar refractivity (Wildman–Crippen MR) is 150 cm³/mol. The highest BCUT2D eigenvalue weighted by atomic mass is 32.1. The highest BCUT2D eigenvalue weighted by Gasteiger charge is 2.31. The van der Waals surface area contributed by atoms with E-state index in [1.165, 1.54) is 22.9 Å². The van der Waals surface area contributed by atoms with Gasteiger partial charge in [0.15, 0.2) is 5.13 Å². The fourth-order valence-electron chi connectivity index (χ4n) is 4.69. The normalized spacial score (nSPS) is 14.2. The molecule has 0 atom stereocenters. The minimum Gasteiger partial charge on any atom is -0.322 e. The lowest BCUT2D eigenvalue weighted by Crippen LogP contribution is -2.29. The van der Waals surface area contributed by atoms with Gasteiger partial charge in [0.05, 0.1) is 22.3 Å². The Hall–Kier alpha value is -4.10. The van der Waals surface area contributed by atoms with Crippen LogP contribution < -0.4 is 10.6 Å². The van der Waals surface area contributed by atoms with Crippen LogP contribution in [0.5, 0.6) is 0 Å². The number of rotatable bonds is 7. The molecule has 1 saturated heterocycles. The molecule has 13 heteroatoms. The van der Waals surface area contributed by atoms with Gasteiger partial charge >= 0.3 is 6.18 Å². The second-order valence-electron chi connectivity index (χ2n) is 9.97. The van der Waals surface area contributed by atoms with E-state index in [1.807, 2.05) is 6.92 Å². The molecule has 1 aliphatic rings. The van der Waals surface area contributed by atoms with Crippen LogP contribution in [0.4, 0.5) is 24.0 Å². The molecule has 0 radical (unpaired) electrons. The number of nitrogens with one attached hydrogen (secondary N) is 2. The molecule has 2 aromatic carbocycles. The van der Waals surface area contributed by atoms with Crippen molar-refractivity contribution >= 4 is 34.0 Å². The van der Waals surface area contributed by atoms with Crippen molar-refractivity contribution in [3.8, 4) is 16.3 Å². The van der Waals surface area contributed by atoms with Gasteiger partial charge in [-0.25, -0.2) is 9.67 Å². The molecule has 0 saturated carbocycles. The Balaban J connectivity index is 1.37. The quantitative estimate of drug-likeness (QED) is 0.280. The Bertz CT molecular complexity index is 1570. The van der Waals surface area contributed by atoms with Gasteiger partial charge in [-0.05, 0) is 74.3 Å². The lowest BCUT2D eigenvalue weighted by Gasteiger charge is -2.27. The zero-order valence-corrected chi connectivity index (χ0v) is 23.3. The van der Waals surface area contributed by atoms with Gasteiger partial charge in [0.2, 0.25) is 5.91 Å². The number of aromatic nitrogens is 4. The summed E-state index contributed by atoms with van der Waals surface area (Å²) in [6.07, 6.45) is 1.88. The number of hydrogen-bond donors (Lipinski definition) is 2. The van der Waals surface area contributed by atoms with Gasteiger partial charge in [0.25, 0.3) is 5.91 Å². The number of carbonyl (C=O) groups excluding carboxylic acids is 2. The molecule has 2 aromatic heterocycles. The summed E-state index contributed by atoms with van der Waals surface area (Å²) in [4.78, 5) is 31.5. The van der Waals surface area contributed by atoms with Crippen LogP contribution in [0.2, 0.25) is 0 Å². The molecular weight excluding hydrogens is 555 g/mol. The summed E-state index contributed by atoms with van der Waals surface area (Å²) >= 11 is 1.24. The molecule has 0 bridgehead atoms. The van der Waals surface area contributed by atoms with Crippen molar-refractivity contribution in [3.05, 3.63) is 71.0 Å². The van der Waals surface area contributed by atoms with Crippen molar-refractivity contribution in [2.45, 2.75) is 45.8 Å². The van der Waals surface area contributed by atoms with Gasteiger partial charge in [-0.15, -0.1) is 5.10 Å². The topological polar surface area (TPSA) is 105 Å². The maximum atomic E-state index is 13.7. The van der Waals surface area contributed by atoms with Crippen LogP contribution in [0, 0.1) is 6.92 Å². The summed E-state index contributed by atoms with van der Waals surface area (Å²) in [6.45, 7) is 5.31. The number of benzene rings is 2. The number of hydrogen-bond acceptors (Lipinski definition) is 7. The summed E-state index contributed by atoms with van der Waals surface area (Å²) in [6, 6.07) is 8.67. The number of carbonyl (C=O) groups is 2. The molecule has 214 valence electrons. The number of thiazole rings is 1. The van der Waals surface area contributed by atoms with Crippen LogP contribution in [-0.2, 0) is 17.5 Å². The van der Waals surface area contributed by atoms with Crippen LogP contribution in [-0.4, -0.2) is 49.8 Å². The van der Waals surface area contributed by atoms with Crippen molar-refractivity contribution in [3.63, 3.8) is 0 Å². The number of aryl methyl sites for hydroxylation is 1. The van der Waals surface area contributed by atoms with Crippen LogP contribution in [0.3, 0.4) is 0 Å². The predicted octanol–water partition coefficient (Wildman–Crippen LogP) is 5.91. The van der Waals surface area contributed by atoms with Crippen LogP contribution in [0.15, 0.2) is 48.8 Å². The maximum Gasteiger partial charge on any atom is 0.416 e. The Morgan fingerprint density at radius 1 is 1.05 bits per heavy atom. The smallest absolute Gasteiger partial charge is 0.322 e. The van der Waals surface area contributed by atoms with Gasteiger partial charge < -0.3 is 10.6 Å². The lowest BCUT2D eigenvalue weighted by molar-refractivity contribution is -0.137. The first-order valence-electron chi connectivity index (χ1n) is 13.1. The SMILES string of the molecule is CC(=O)Nc1ncc(-c2cn(-c3cc(C(=O)Nc4cc(CN5CCCCC5)cc(C(F)(F)F)c4)ccc3C)nn2)s1. The van der Waals surface area contributed by atoms with E-state index in [4.69, 9.17) is 0 Å². The number of alkyl halides is 3. The zero-order chi connectivity index (χ0) is 29.1. The average molecular weight is 584 g/mol. The Morgan fingerprint density at radius 3 is 2.56 bits per heavy atom. The first-order chi connectivity index (χ1) is 19.5. The number of piperidine rings is 1. The van der Waals surface area contributed by atoms with Gasteiger partial charge in [-0.2, -0.15) is 13.2 Å². The van der Waals surface area contributed by atoms with Crippen molar-refractivity contribution in [2.75, 3.05) is 23.7 Å². The first-order valence-corrected chi connectivity index (χ1v) is 13.9. The molecule has 0 aliphatic carbocycles. The van der Waals surface area contributed by atoms with Crippen LogP contribution in [0.25, 0.3) is 16.3 Å². The van der Waals surface area contributed by atoms with E-state index in [0.717, 1.165) is 50.0 Å². The summed E-state index contributed by atoms with van der Waals surface area (Å²) in [5.41, 5.74) is 1.96. The minimum atomic E-state index is -4.54. The third kappa shape index (κ3) is 6.98. The van der Waals surface area contributed by atoms with Gasteiger partial charge in [-0.3, -0.25) is 14.5 Å². The third-order valence-electron chi connectivity index (χ3n) is 6.69. The average Bonchev–Trinajstić information content (AvgIpc) is 3.58. The van der Waals surface area contributed by atoms with Crippen molar-refractivity contribution < 1.29 is 22.8 Å². The second-order valence-corrected chi connectivity index (χ2v) is 11.0. The molecule has 4 aromatic rings. The minimum absolute atomic E-state index is 0.0853. The molecule has 0 unspecified atom stereocenters. The largest absolute Gasteiger partial charge is 0.416 e. The molecule has 3 heterocycles. The summed E-state index contributed by atoms with van der Waals surface area (Å²) in [5, 5.41) is 14.1.